The molecule has 0 radical (unpaired) electrons. The number of benzene rings is 3. The van der Waals surface area contributed by atoms with E-state index in [9.17, 15) is 8.78 Å². The van der Waals surface area contributed by atoms with Crippen molar-refractivity contribution in [3.63, 3.8) is 0 Å². The molecule has 3 aromatic carbocycles. The highest BCUT2D eigenvalue weighted by molar-refractivity contribution is 9.10. The molecule has 33 heavy (non-hydrogen) atoms. The lowest BCUT2D eigenvalue weighted by molar-refractivity contribution is -0.0514. The second-order valence-electron chi connectivity index (χ2n) is 7.47. The van der Waals surface area contributed by atoms with Crippen molar-refractivity contribution in [3.8, 4) is 11.5 Å². The molecule has 2 heterocycles. The zero-order chi connectivity index (χ0) is 22.9. The third kappa shape index (κ3) is 4.18. The Bertz CT molecular complexity index is 1340. The van der Waals surface area contributed by atoms with E-state index in [1.54, 1.807) is 19.1 Å². The summed E-state index contributed by atoms with van der Waals surface area (Å²) in [6, 6.07) is 20.7. The molecule has 0 amide bonds. The topological polar surface area (TPSA) is 48.3 Å². The summed E-state index contributed by atoms with van der Waals surface area (Å²) in [4.78, 5) is 4.78. The van der Waals surface area contributed by atoms with Gasteiger partial charge >= 0.3 is 6.61 Å². The number of aromatic nitrogens is 2. The Morgan fingerprint density at radius 3 is 2.61 bits per heavy atom. The molecule has 168 valence electrons. The van der Waals surface area contributed by atoms with Crippen LogP contribution in [-0.2, 0) is 0 Å². The Balaban J connectivity index is 1.66. The number of halogens is 3. The van der Waals surface area contributed by atoms with Crippen molar-refractivity contribution < 1.29 is 18.3 Å². The zero-order valence-electron chi connectivity index (χ0n) is 17.6. The number of hydrogen-bond acceptors (Lipinski definition) is 4. The molecular weight excluding hydrogens is 492 g/mol. The third-order valence-corrected chi connectivity index (χ3v) is 5.95. The highest BCUT2D eigenvalue weighted by Crippen LogP contribution is 2.40. The van der Waals surface area contributed by atoms with E-state index >= 15 is 0 Å². The van der Waals surface area contributed by atoms with Crippen molar-refractivity contribution >= 4 is 38.6 Å². The second-order valence-corrected chi connectivity index (χ2v) is 8.38. The molecule has 8 heteroatoms. The quantitative estimate of drug-likeness (QED) is 0.307. The van der Waals surface area contributed by atoms with Crippen LogP contribution in [0.15, 0.2) is 77.3 Å². The van der Waals surface area contributed by atoms with Crippen molar-refractivity contribution in [1.82, 2.24) is 9.55 Å². The summed E-state index contributed by atoms with van der Waals surface area (Å²) in [5.74, 6) is 0.989. The standard InChI is InChI=1S/C25H20BrF2N3O2/c1-2-32-23-13-16(9-12-22(23)33-24(27)28)21-14-19(15-7-10-17(26)11-8-15)30-25-29-18-5-3-4-6-20(18)31(21)25/h3-14,21,24H,2H2,1H3,(H,29,30). The van der Waals surface area contributed by atoms with Gasteiger partial charge < -0.3 is 14.8 Å². The number of hydrogen-bond donors (Lipinski definition) is 1. The lowest BCUT2D eigenvalue weighted by Crippen LogP contribution is -2.19. The van der Waals surface area contributed by atoms with Gasteiger partial charge in [0.25, 0.3) is 0 Å². The first-order chi connectivity index (χ1) is 16.0. The maximum absolute atomic E-state index is 12.9. The number of rotatable bonds is 6. The first-order valence-electron chi connectivity index (χ1n) is 10.5. The van der Waals surface area contributed by atoms with Crippen LogP contribution in [0, 0.1) is 0 Å². The number of ether oxygens (including phenoxy) is 2. The van der Waals surface area contributed by atoms with Crippen molar-refractivity contribution in [2.75, 3.05) is 11.9 Å². The lowest BCUT2D eigenvalue weighted by atomic mass is 10.0. The van der Waals surface area contributed by atoms with Gasteiger partial charge in [-0.2, -0.15) is 8.78 Å². The fourth-order valence-electron chi connectivity index (χ4n) is 4.02. The summed E-state index contributed by atoms with van der Waals surface area (Å²) >= 11 is 3.48. The number of fused-ring (bicyclic) bond motifs is 3. The molecule has 1 aromatic heterocycles. The van der Waals surface area contributed by atoms with Crippen LogP contribution in [0.3, 0.4) is 0 Å². The number of nitrogens with zero attached hydrogens (tertiary/aromatic N) is 2. The molecule has 0 aliphatic carbocycles. The van der Waals surface area contributed by atoms with Crippen LogP contribution in [0.25, 0.3) is 16.7 Å². The van der Waals surface area contributed by atoms with E-state index in [0.29, 0.717) is 12.6 Å². The van der Waals surface area contributed by atoms with Gasteiger partial charge in [-0.15, -0.1) is 0 Å². The molecule has 1 unspecified atom stereocenters. The van der Waals surface area contributed by atoms with Crippen LogP contribution in [0.4, 0.5) is 14.7 Å². The molecule has 0 bridgehead atoms. The Kier molecular flexibility index (Phi) is 5.76. The first-order valence-corrected chi connectivity index (χ1v) is 11.3. The third-order valence-electron chi connectivity index (χ3n) is 5.43. The molecule has 1 aliphatic heterocycles. The summed E-state index contributed by atoms with van der Waals surface area (Å²) in [6.45, 7) is -0.799. The van der Waals surface area contributed by atoms with Crippen LogP contribution in [-0.4, -0.2) is 22.8 Å². The van der Waals surface area contributed by atoms with Crippen molar-refractivity contribution in [2.24, 2.45) is 0 Å². The number of alkyl halides is 2. The van der Waals surface area contributed by atoms with Gasteiger partial charge in [-0.3, -0.25) is 4.57 Å². The van der Waals surface area contributed by atoms with Gasteiger partial charge in [-0.25, -0.2) is 4.98 Å². The predicted molar refractivity (Wildman–Crippen MR) is 128 cm³/mol. The Morgan fingerprint density at radius 1 is 1.06 bits per heavy atom. The summed E-state index contributed by atoms with van der Waals surface area (Å²) in [6.07, 6.45) is 2.10. The van der Waals surface area contributed by atoms with Crippen LogP contribution in [0.1, 0.15) is 24.1 Å². The molecule has 0 spiro atoms. The molecule has 4 aromatic rings. The van der Waals surface area contributed by atoms with E-state index in [4.69, 9.17) is 9.72 Å². The van der Waals surface area contributed by atoms with E-state index in [-0.39, 0.29) is 17.5 Å². The fraction of sp³-hybridized carbons (Fsp3) is 0.160. The normalized spacial score (nSPS) is 15.2. The maximum atomic E-state index is 12.9. The molecule has 0 saturated carbocycles. The maximum Gasteiger partial charge on any atom is 0.387 e. The van der Waals surface area contributed by atoms with Crippen molar-refractivity contribution in [3.05, 3.63) is 88.4 Å². The Hall–Kier alpha value is -3.39. The van der Waals surface area contributed by atoms with E-state index in [1.165, 1.54) is 6.07 Å². The van der Waals surface area contributed by atoms with Crippen LogP contribution < -0.4 is 14.8 Å². The molecule has 5 nitrogen and oxygen atoms in total. The van der Waals surface area contributed by atoms with E-state index < -0.39 is 6.61 Å². The molecule has 1 aliphatic rings. The predicted octanol–water partition coefficient (Wildman–Crippen LogP) is 6.85. The minimum Gasteiger partial charge on any atom is -0.490 e. The van der Waals surface area contributed by atoms with Gasteiger partial charge in [0.15, 0.2) is 11.5 Å². The van der Waals surface area contributed by atoms with E-state index in [2.05, 4.69) is 36.6 Å². The number of nitrogens with one attached hydrogen (secondary N) is 1. The van der Waals surface area contributed by atoms with Gasteiger partial charge in [-0.05, 0) is 60.5 Å². The number of imidazole rings is 1. The monoisotopic (exact) mass is 511 g/mol. The van der Waals surface area contributed by atoms with Crippen molar-refractivity contribution in [2.45, 2.75) is 19.6 Å². The Morgan fingerprint density at radius 2 is 1.85 bits per heavy atom. The highest BCUT2D eigenvalue weighted by atomic mass is 79.9. The van der Waals surface area contributed by atoms with Gasteiger partial charge in [0.1, 0.15) is 0 Å². The van der Waals surface area contributed by atoms with Crippen LogP contribution in [0.2, 0.25) is 0 Å². The molecule has 1 N–H and O–H groups in total. The van der Waals surface area contributed by atoms with Gasteiger partial charge in [0.2, 0.25) is 5.95 Å². The summed E-state index contributed by atoms with van der Waals surface area (Å²) in [7, 11) is 0. The average molecular weight is 512 g/mol. The minimum atomic E-state index is -2.93. The summed E-state index contributed by atoms with van der Waals surface area (Å²) in [5, 5.41) is 3.44. The summed E-state index contributed by atoms with van der Waals surface area (Å²) in [5.41, 5.74) is 4.59. The zero-order valence-corrected chi connectivity index (χ0v) is 19.2. The first kappa shape index (κ1) is 21.5. The molecule has 0 saturated heterocycles. The van der Waals surface area contributed by atoms with E-state index in [1.807, 2.05) is 48.5 Å². The largest absolute Gasteiger partial charge is 0.490 e. The van der Waals surface area contributed by atoms with Crippen LogP contribution in [0.5, 0.6) is 11.5 Å². The van der Waals surface area contributed by atoms with Crippen LogP contribution >= 0.6 is 15.9 Å². The average Bonchev–Trinajstić information content (AvgIpc) is 3.18. The Labute approximate surface area is 197 Å². The van der Waals surface area contributed by atoms with Crippen molar-refractivity contribution in [1.29, 1.82) is 0 Å². The number of anilines is 1. The minimum absolute atomic E-state index is 0.0114. The smallest absolute Gasteiger partial charge is 0.387 e. The molecule has 5 rings (SSSR count). The SMILES string of the molecule is CCOc1cc(C2C=C(c3ccc(Br)cc3)Nc3nc4ccccc4n32)ccc1OC(F)F. The lowest BCUT2D eigenvalue weighted by Gasteiger charge is -2.27. The highest BCUT2D eigenvalue weighted by Gasteiger charge is 2.26. The van der Waals surface area contributed by atoms with Gasteiger partial charge in [0.05, 0.1) is 23.7 Å². The molecule has 0 fully saturated rings. The fourth-order valence-corrected chi connectivity index (χ4v) is 4.29. The molecule has 1 atom stereocenters. The number of para-hydroxylation sites is 2. The second kappa shape index (κ2) is 8.86. The summed E-state index contributed by atoms with van der Waals surface area (Å²) < 4.78 is 39.1. The van der Waals surface area contributed by atoms with Gasteiger partial charge in [0, 0.05) is 10.2 Å². The van der Waals surface area contributed by atoms with Gasteiger partial charge in [-0.1, -0.05) is 46.3 Å². The molecular formula is C25H20BrF2N3O2. The van der Waals surface area contributed by atoms with E-state index in [0.717, 1.165) is 32.3 Å². The number of allylic oxidation sites excluding steroid dienone is 1.